The van der Waals surface area contributed by atoms with Gasteiger partial charge in [0.15, 0.2) is 24.0 Å². The minimum absolute atomic E-state index is 0.128. The van der Waals surface area contributed by atoms with Crippen LogP contribution in [0.25, 0.3) is 0 Å². The molecule has 0 aliphatic carbocycles. The Labute approximate surface area is 87.9 Å². The van der Waals surface area contributed by atoms with Crippen molar-refractivity contribution >= 4 is 22.2 Å². The standard InChI is InChI=1S/C9H6BrFO3/c10-6-2-9-8(13-4-14-9)1-5(6)7(11)3-12/h1-3,7H,4H2. The van der Waals surface area contributed by atoms with Crippen LogP contribution in [0.3, 0.4) is 0 Å². The molecule has 0 radical (unpaired) electrons. The highest BCUT2D eigenvalue weighted by Gasteiger charge is 2.20. The minimum Gasteiger partial charge on any atom is -0.454 e. The Balaban J connectivity index is 2.47. The van der Waals surface area contributed by atoms with Gasteiger partial charge in [-0.25, -0.2) is 4.39 Å². The largest absolute Gasteiger partial charge is 0.454 e. The highest BCUT2D eigenvalue weighted by atomic mass is 79.9. The Kier molecular flexibility index (Phi) is 2.41. The first-order chi connectivity index (χ1) is 6.72. The summed E-state index contributed by atoms with van der Waals surface area (Å²) in [6, 6.07) is 3.05. The van der Waals surface area contributed by atoms with Crippen molar-refractivity contribution in [2.24, 2.45) is 0 Å². The van der Waals surface area contributed by atoms with Crippen LogP contribution >= 0.6 is 15.9 Å². The molecule has 0 N–H and O–H groups in total. The van der Waals surface area contributed by atoms with Crippen molar-refractivity contribution in [2.45, 2.75) is 6.17 Å². The highest BCUT2D eigenvalue weighted by Crippen LogP contribution is 2.39. The van der Waals surface area contributed by atoms with Crippen molar-refractivity contribution < 1.29 is 18.7 Å². The predicted octanol–water partition coefficient (Wildman–Crippen LogP) is 2.39. The average Bonchev–Trinajstić information content (AvgIpc) is 2.62. The Morgan fingerprint density at radius 1 is 1.43 bits per heavy atom. The van der Waals surface area contributed by atoms with E-state index in [-0.39, 0.29) is 18.6 Å². The number of rotatable bonds is 2. The first-order valence-electron chi connectivity index (χ1n) is 3.91. The fourth-order valence-electron chi connectivity index (χ4n) is 1.22. The van der Waals surface area contributed by atoms with Gasteiger partial charge in [0.2, 0.25) is 6.79 Å². The van der Waals surface area contributed by atoms with Crippen LogP contribution in [0.5, 0.6) is 11.5 Å². The number of carbonyl (C=O) groups excluding carboxylic acids is 1. The van der Waals surface area contributed by atoms with E-state index in [1.807, 2.05) is 0 Å². The minimum atomic E-state index is -1.64. The molecule has 1 aromatic rings. The third kappa shape index (κ3) is 1.48. The van der Waals surface area contributed by atoms with E-state index in [0.717, 1.165) is 0 Å². The van der Waals surface area contributed by atoms with Gasteiger partial charge in [-0.1, -0.05) is 15.9 Å². The monoisotopic (exact) mass is 260 g/mol. The van der Waals surface area contributed by atoms with Gasteiger partial charge in [0.05, 0.1) is 0 Å². The van der Waals surface area contributed by atoms with Crippen LogP contribution in [-0.2, 0) is 4.79 Å². The summed E-state index contributed by atoms with van der Waals surface area (Å²) in [5.41, 5.74) is 0.254. The van der Waals surface area contributed by atoms with Gasteiger partial charge in [-0.15, -0.1) is 0 Å². The molecule has 0 saturated heterocycles. The topological polar surface area (TPSA) is 35.5 Å². The summed E-state index contributed by atoms with van der Waals surface area (Å²) in [4.78, 5) is 10.3. The van der Waals surface area contributed by atoms with Crippen LogP contribution in [0.15, 0.2) is 16.6 Å². The lowest BCUT2D eigenvalue weighted by Crippen LogP contribution is -1.94. The number of fused-ring (bicyclic) bond motifs is 1. The van der Waals surface area contributed by atoms with Crippen molar-refractivity contribution in [1.82, 2.24) is 0 Å². The van der Waals surface area contributed by atoms with E-state index in [9.17, 15) is 9.18 Å². The molecule has 3 nitrogen and oxygen atoms in total. The van der Waals surface area contributed by atoms with Gasteiger partial charge in [-0.3, -0.25) is 4.79 Å². The van der Waals surface area contributed by atoms with Crippen LogP contribution in [0.1, 0.15) is 11.7 Å². The van der Waals surface area contributed by atoms with Gasteiger partial charge in [0.25, 0.3) is 0 Å². The summed E-state index contributed by atoms with van der Waals surface area (Å²) in [6.07, 6.45) is -1.40. The zero-order chi connectivity index (χ0) is 10.1. The number of halogens is 2. The zero-order valence-corrected chi connectivity index (χ0v) is 8.58. The third-order valence-corrected chi connectivity index (χ3v) is 2.60. The van der Waals surface area contributed by atoms with Crippen LogP contribution in [0.4, 0.5) is 4.39 Å². The molecule has 0 amide bonds. The molecule has 1 atom stereocenters. The molecule has 74 valence electrons. The quantitative estimate of drug-likeness (QED) is 0.767. The molecular weight excluding hydrogens is 255 g/mol. The average molecular weight is 261 g/mol. The molecule has 0 fully saturated rings. The summed E-state index contributed by atoms with van der Waals surface area (Å²) in [7, 11) is 0. The first kappa shape index (κ1) is 9.45. The summed E-state index contributed by atoms with van der Waals surface area (Å²) in [5, 5.41) is 0. The van der Waals surface area contributed by atoms with E-state index in [1.54, 1.807) is 6.07 Å². The number of benzene rings is 1. The summed E-state index contributed by atoms with van der Waals surface area (Å²) in [5.74, 6) is 1.02. The maximum absolute atomic E-state index is 13.1. The normalized spacial score (nSPS) is 15.3. The lowest BCUT2D eigenvalue weighted by molar-refractivity contribution is -0.112. The molecule has 14 heavy (non-hydrogen) atoms. The van der Waals surface area contributed by atoms with Gasteiger partial charge >= 0.3 is 0 Å². The SMILES string of the molecule is O=CC(F)c1cc2c(cc1Br)OCO2. The van der Waals surface area contributed by atoms with E-state index < -0.39 is 6.17 Å². The van der Waals surface area contributed by atoms with Crippen molar-refractivity contribution in [1.29, 1.82) is 0 Å². The van der Waals surface area contributed by atoms with Crippen molar-refractivity contribution in [2.75, 3.05) is 6.79 Å². The maximum atomic E-state index is 13.1. The molecule has 0 spiro atoms. The van der Waals surface area contributed by atoms with Gasteiger partial charge in [0, 0.05) is 10.0 Å². The summed E-state index contributed by atoms with van der Waals surface area (Å²) < 4.78 is 23.7. The van der Waals surface area contributed by atoms with E-state index in [0.29, 0.717) is 16.0 Å². The highest BCUT2D eigenvalue weighted by molar-refractivity contribution is 9.10. The molecule has 0 saturated carbocycles. The number of carbonyl (C=O) groups is 1. The second kappa shape index (κ2) is 3.57. The molecule has 1 aliphatic rings. The summed E-state index contributed by atoms with van der Waals surface area (Å²) in [6.45, 7) is 0.128. The number of aldehydes is 1. The molecule has 1 heterocycles. The third-order valence-electron chi connectivity index (χ3n) is 1.91. The molecule has 1 unspecified atom stereocenters. The lowest BCUT2D eigenvalue weighted by atomic mass is 10.1. The molecule has 2 rings (SSSR count). The Bertz CT molecular complexity index is 381. The first-order valence-corrected chi connectivity index (χ1v) is 4.70. The van der Waals surface area contributed by atoms with Crippen molar-refractivity contribution in [3.8, 4) is 11.5 Å². The van der Waals surface area contributed by atoms with Crippen LogP contribution in [0.2, 0.25) is 0 Å². The molecule has 5 heteroatoms. The van der Waals surface area contributed by atoms with Crippen molar-refractivity contribution in [3.63, 3.8) is 0 Å². The Morgan fingerprint density at radius 3 is 2.71 bits per heavy atom. The fraction of sp³-hybridized carbons (Fsp3) is 0.222. The van der Waals surface area contributed by atoms with E-state index in [2.05, 4.69) is 15.9 Å². The maximum Gasteiger partial charge on any atom is 0.231 e. The second-order valence-electron chi connectivity index (χ2n) is 2.76. The number of ether oxygens (including phenoxy) is 2. The van der Waals surface area contributed by atoms with Crippen LogP contribution < -0.4 is 9.47 Å². The van der Waals surface area contributed by atoms with Crippen molar-refractivity contribution in [3.05, 3.63) is 22.2 Å². The second-order valence-corrected chi connectivity index (χ2v) is 3.62. The van der Waals surface area contributed by atoms with Gasteiger partial charge in [0.1, 0.15) is 0 Å². The zero-order valence-electron chi connectivity index (χ0n) is 7.00. The molecule has 0 aromatic heterocycles. The molecule has 0 bridgehead atoms. The number of hydrogen-bond donors (Lipinski definition) is 0. The van der Waals surface area contributed by atoms with Gasteiger partial charge < -0.3 is 9.47 Å². The molecule has 1 aliphatic heterocycles. The van der Waals surface area contributed by atoms with Gasteiger partial charge in [-0.05, 0) is 12.1 Å². The Morgan fingerprint density at radius 2 is 2.07 bits per heavy atom. The van der Waals surface area contributed by atoms with E-state index in [1.165, 1.54) is 6.07 Å². The van der Waals surface area contributed by atoms with E-state index in [4.69, 9.17) is 9.47 Å². The Hall–Kier alpha value is -1.10. The number of hydrogen-bond acceptors (Lipinski definition) is 3. The summed E-state index contributed by atoms with van der Waals surface area (Å²) >= 11 is 3.16. The smallest absolute Gasteiger partial charge is 0.231 e. The fourth-order valence-corrected chi connectivity index (χ4v) is 1.76. The van der Waals surface area contributed by atoms with E-state index >= 15 is 0 Å². The van der Waals surface area contributed by atoms with Crippen LogP contribution in [-0.4, -0.2) is 13.1 Å². The lowest BCUT2D eigenvalue weighted by Gasteiger charge is -2.05. The van der Waals surface area contributed by atoms with Gasteiger partial charge in [-0.2, -0.15) is 0 Å². The molecule has 1 aromatic carbocycles. The number of alkyl halides is 1. The predicted molar refractivity (Wildman–Crippen MR) is 50.2 cm³/mol. The molecular formula is C9H6BrFO3. The van der Waals surface area contributed by atoms with Crippen LogP contribution in [0, 0.1) is 0 Å².